The minimum Gasteiger partial charge on any atom is -0.331 e. The number of benzene rings is 1. The molecule has 3 atom stereocenters. The van der Waals surface area contributed by atoms with Crippen LogP contribution in [0.1, 0.15) is 38.7 Å². The summed E-state index contributed by atoms with van der Waals surface area (Å²) >= 11 is 0. The van der Waals surface area contributed by atoms with Crippen molar-refractivity contribution in [2.24, 2.45) is 5.92 Å². The topological polar surface area (TPSA) is 32.3 Å². The van der Waals surface area contributed by atoms with Gasteiger partial charge in [-0.25, -0.2) is 9.97 Å². The van der Waals surface area contributed by atoms with Crippen LogP contribution in [0.3, 0.4) is 0 Å². The van der Waals surface area contributed by atoms with Gasteiger partial charge >= 0.3 is 0 Å². The van der Waals surface area contributed by atoms with Crippen molar-refractivity contribution in [3.63, 3.8) is 0 Å². The summed E-state index contributed by atoms with van der Waals surface area (Å²) in [4.78, 5) is 13.8. The zero-order valence-electron chi connectivity index (χ0n) is 14.6. The molecular weight excluding hydrogens is 296 g/mol. The first kappa shape index (κ1) is 15.2. The summed E-state index contributed by atoms with van der Waals surface area (Å²) in [5, 5.41) is 0. The summed E-state index contributed by atoms with van der Waals surface area (Å²) in [6.07, 6.45) is 6.93. The molecule has 1 aromatic carbocycles. The Morgan fingerprint density at radius 3 is 2.79 bits per heavy atom. The minimum absolute atomic E-state index is 0.275. The molecule has 3 unspecified atom stereocenters. The second-order valence-corrected chi connectivity index (χ2v) is 7.07. The van der Waals surface area contributed by atoms with Gasteiger partial charge in [0.15, 0.2) is 5.82 Å². The number of para-hydroxylation sites is 1. The highest BCUT2D eigenvalue weighted by Gasteiger charge is 2.48. The van der Waals surface area contributed by atoms with E-state index >= 15 is 0 Å². The maximum Gasteiger partial charge on any atom is 0.157 e. The van der Waals surface area contributed by atoms with Crippen LogP contribution in [-0.2, 0) is 0 Å². The lowest BCUT2D eigenvalue weighted by Crippen LogP contribution is -2.52. The van der Waals surface area contributed by atoms with E-state index in [2.05, 4.69) is 77.5 Å². The number of aromatic nitrogens is 2. The van der Waals surface area contributed by atoms with E-state index in [9.17, 15) is 0 Å². The Hall–Kier alpha value is -2.36. The van der Waals surface area contributed by atoms with Crippen LogP contribution in [0.25, 0.3) is 0 Å². The van der Waals surface area contributed by atoms with Gasteiger partial charge in [-0.1, -0.05) is 31.2 Å². The third-order valence-corrected chi connectivity index (χ3v) is 5.40. The summed E-state index contributed by atoms with van der Waals surface area (Å²) in [5.41, 5.74) is 3.81. The molecule has 4 heteroatoms. The van der Waals surface area contributed by atoms with Crippen LogP contribution >= 0.6 is 0 Å². The molecule has 4 rings (SSSR count). The molecule has 2 aliphatic heterocycles. The van der Waals surface area contributed by atoms with Gasteiger partial charge < -0.3 is 9.80 Å². The molecule has 3 heterocycles. The van der Waals surface area contributed by atoms with Crippen molar-refractivity contribution in [2.45, 2.75) is 45.3 Å². The Bertz CT molecular complexity index is 770. The first-order valence-corrected chi connectivity index (χ1v) is 8.72. The van der Waals surface area contributed by atoms with Gasteiger partial charge in [0.1, 0.15) is 18.2 Å². The molecule has 1 aromatic heterocycles. The maximum atomic E-state index is 4.62. The number of fused-ring (bicyclic) bond motifs is 5. The highest BCUT2D eigenvalue weighted by Crippen LogP contribution is 2.54. The van der Waals surface area contributed by atoms with Crippen molar-refractivity contribution in [1.29, 1.82) is 0 Å². The molecule has 0 fully saturated rings. The largest absolute Gasteiger partial charge is 0.331 e. The fraction of sp³-hybridized carbons (Fsp3) is 0.400. The zero-order chi connectivity index (χ0) is 16.8. The first-order valence-electron chi connectivity index (χ1n) is 8.72. The number of rotatable bonds is 3. The van der Waals surface area contributed by atoms with Gasteiger partial charge in [0.2, 0.25) is 0 Å². The van der Waals surface area contributed by atoms with Crippen LogP contribution in [-0.4, -0.2) is 22.2 Å². The third-order valence-electron chi connectivity index (χ3n) is 5.40. The number of hydrogen-bond acceptors (Lipinski definition) is 4. The molecule has 0 bridgehead atoms. The van der Waals surface area contributed by atoms with Gasteiger partial charge in [0, 0.05) is 17.6 Å². The molecule has 0 spiro atoms. The summed E-state index contributed by atoms with van der Waals surface area (Å²) in [6.45, 7) is 10.8. The van der Waals surface area contributed by atoms with Gasteiger partial charge in [-0.2, -0.15) is 0 Å². The molecule has 0 saturated carbocycles. The first-order chi connectivity index (χ1) is 11.6. The predicted molar refractivity (Wildman–Crippen MR) is 98.7 cm³/mol. The van der Waals surface area contributed by atoms with E-state index in [1.807, 2.05) is 6.20 Å². The number of allylic oxidation sites excluding steroid dienone is 1. The lowest BCUT2D eigenvalue weighted by atomic mass is 9.78. The second-order valence-electron chi connectivity index (χ2n) is 7.07. The van der Waals surface area contributed by atoms with Crippen molar-refractivity contribution in [3.05, 3.63) is 55.0 Å². The predicted octanol–water partition coefficient (Wildman–Crippen LogP) is 4.48. The lowest BCUT2D eigenvalue weighted by molar-refractivity contribution is 0.344. The molecule has 0 aliphatic carbocycles. The Morgan fingerprint density at radius 1 is 1.25 bits per heavy atom. The Morgan fingerprint density at radius 2 is 2.04 bits per heavy atom. The van der Waals surface area contributed by atoms with Gasteiger partial charge in [0.05, 0.1) is 6.20 Å². The Kier molecular flexibility index (Phi) is 3.56. The minimum atomic E-state index is 0.275. The second kappa shape index (κ2) is 5.62. The fourth-order valence-electron chi connectivity index (χ4n) is 4.42. The van der Waals surface area contributed by atoms with Crippen LogP contribution in [0, 0.1) is 5.92 Å². The van der Waals surface area contributed by atoms with Crippen LogP contribution in [0.15, 0.2) is 49.4 Å². The summed E-state index contributed by atoms with van der Waals surface area (Å²) in [5.74, 6) is 1.99. The molecule has 0 radical (unpaired) electrons. The molecule has 4 nitrogen and oxygen atoms in total. The maximum absolute atomic E-state index is 4.62. The van der Waals surface area contributed by atoms with Crippen LogP contribution in [0.2, 0.25) is 0 Å². The molecule has 124 valence electrons. The average molecular weight is 320 g/mol. The quantitative estimate of drug-likeness (QED) is 0.781. The number of hydrogen-bond donors (Lipinski definition) is 0. The molecule has 0 amide bonds. The average Bonchev–Trinajstić information content (AvgIpc) is 2.94. The Labute approximate surface area is 143 Å². The SMILES string of the molecule is C=CCC1c2ccccc2N2c3cncnc3N(C(C)C)C2C1C. The van der Waals surface area contributed by atoms with E-state index in [-0.39, 0.29) is 6.17 Å². The van der Waals surface area contributed by atoms with E-state index in [4.69, 9.17) is 0 Å². The zero-order valence-corrected chi connectivity index (χ0v) is 14.6. The number of anilines is 3. The number of nitrogens with zero attached hydrogens (tertiary/aromatic N) is 4. The summed E-state index contributed by atoms with van der Waals surface area (Å²) < 4.78 is 0. The van der Waals surface area contributed by atoms with E-state index in [1.165, 1.54) is 11.3 Å². The van der Waals surface area contributed by atoms with E-state index in [1.54, 1.807) is 6.33 Å². The fourth-order valence-corrected chi connectivity index (χ4v) is 4.42. The molecule has 24 heavy (non-hydrogen) atoms. The van der Waals surface area contributed by atoms with E-state index in [0.717, 1.165) is 17.9 Å². The van der Waals surface area contributed by atoms with Crippen molar-refractivity contribution in [2.75, 3.05) is 9.80 Å². The molecule has 0 saturated heterocycles. The highest BCUT2D eigenvalue weighted by atomic mass is 15.5. The van der Waals surface area contributed by atoms with Crippen LogP contribution in [0.4, 0.5) is 17.2 Å². The monoisotopic (exact) mass is 320 g/mol. The highest BCUT2D eigenvalue weighted by molar-refractivity contribution is 5.83. The smallest absolute Gasteiger partial charge is 0.157 e. The van der Waals surface area contributed by atoms with E-state index in [0.29, 0.717) is 17.9 Å². The molecule has 2 aliphatic rings. The van der Waals surface area contributed by atoms with Crippen molar-refractivity contribution in [1.82, 2.24) is 9.97 Å². The van der Waals surface area contributed by atoms with Crippen molar-refractivity contribution in [3.8, 4) is 0 Å². The van der Waals surface area contributed by atoms with Crippen molar-refractivity contribution >= 4 is 17.2 Å². The normalized spacial score (nSPS) is 24.6. The standard InChI is InChI=1S/C20H24N4/c1-5-8-15-14(4)20-23(13(2)3)19-18(11-21-12-22-19)24(20)17-10-7-6-9-16(15)17/h5-7,9-15,20H,1,8H2,2-4H3. The van der Waals surface area contributed by atoms with Gasteiger partial charge in [0.25, 0.3) is 0 Å². The van der Waals surface area contributed by atoms with Gasteiger partial charge in [-0.05, 0) is 37.8 Å². The summed E-state index contributed by atoms with van der Waals surface area (Å²) in [7, 11) is 0. The van der Waals surface area contributed by atoms with Crippen LogP contribution < -0.4 is 9.80 Å². The van der Waals surface area contributed by atoms with E-state index < -0.39 is 0 Å². The molecule has 2 aromatic rings. The molecule has 0 N–H and O–H groups in total. The van der Waals surface area contributed by atoms with Crippen molar-refractivity contribution < 1.29 is 0 Å². The van der Waals surface area contributed by atoms with Gasteiger partial charge in [-0.15, -0.1) is 6.58 Å². The van der Waals surface area contributed by atoms with Gasteiger partial charge in [-0.3, -0.25) is 0 Å². The Balaban J connectivity index is 1.95. The molecular formula is C20H24N4. The third kappa shape index (κ3) is 1.98. The van der Waals surface area contributed by atoms with Crippen LogP contribution in [0.5, 0.6) is 0 Å². The summed E-state index contributed by atoms with van der Waals surface area (Å²) in [6, 6.07) is 9.13. The lowest BCUT2D eigenvalue weighted by Gasteiger charge is -2.46.